The predicted octanol–water partition coefficient (Wildman–Crippen LogP) is 12.9. The molecule has 7 aromatic rings. The van der Waals surface area contributed by atoms with Crippen LogP contribution in [0.4, 0.5) is 48.5 Å². The number of hydrogen-bond donors (Lipinski definition) is 9. The number of carbonyl (C=O) groups is 3. The van der Waals surface area contributed by atoms with Gasteiger partial charge < -0.3 is 61.4 Å². The lowest BCUT2D eigenvalue weighted by Crippen LogP contribution is -2.20. The highest BCUT2D eigenvalue weighted by atomic mass is 35.5. The second-order valence-corrected chi connectivity index (χ2v) is 15.2. The SMILES string of the molecule is COc1cc(NC(=O)Nc2cc(Cl)ccc2O)cc(OC)c1OC.Cc1cccc(C)c1NC(=O)Nc1cc(Cl)ccc1O.O=C(Nc1cc(Cl)ccc1O)Nc1cccc2ccccc12. The lowest BCUT2D eigenvalue weighted by atomic mass is 10.1. The molecule has 0 saturated carbocycles. The number of phenols is 3. The van der Waals surface area contributed by atoms with E-state index in [-0.39, 0.29) is 34.3 Å². The summed E-state index contributed by atoms with van der Waals surface area (Å²) in [7, 11) is 4.44. The van der Waals surface area contributed by atoms with Gasteiger partial charge in [-0.05, 0) is 91.0 Å². The van der Waals surface area contributed by atoms with Crippen LogP contribution in [-0.2, 0) is 0 Å². The molecule has 9 N–H and O–H groups in total. The van der Waals surface area contributed by atoms with Crippen LogP contribution in [-0.4, -0.2) is 54.7 Å². The van der Waals surface area contributed by atoms with E-state index in [0.717, 1.165) is 27.6 Å². The summed E-state index contributed by atoms with van der Waals surface area (Å²) in [6.07, 6.45) is 0. The monoisotopic (exact) mass is 954 g/mol. The highest BCUT2D eigenvalue weighted by molar-refractivity contribution is 6.31. The Morgan fingerprint density at radius 2 is 0.864 bits per heavy atom. The van der Waals surface area contributed by atoms with Crippen LogP contribution >= 0.6 is 34.8 Å². The van der Waals surface area contributed by atoms with Crippen molar-refractivity contribution in [3.8, 4) is 34.5 Å². The van der Waals surface area contributed by atoms with Crippen LogP contribution in [0.15, 0.2) is 127 Å². The molecular formula is C48H45Cl3N6O9. The molecule has 0 aliphatic carbocycles. The Morgan fingerprint density at radius 3 is 1.33 bits per heavy atom. The van der Waals surface area contributed by atoms with E-state index in [9.17, 15) is 29.7 Å². The number of carbonyl (C=O) groups excluding carboxylic acids is 3. The number of benzene rings is 7. The van der Waals surface area contributed by atoms with Gasteiger partial charge in [-0.15, -0.1) is 0 Å². The number of phenolic OH excluding ortho intramolecular Hbond substituents is 3. The summed E-state index contributed by atoms with van der Waals surface area (Å²) in [5.41, 5.74) is 4.51. The number of amides is 6. The molecule has 0 aliphatic rings. The molecule has 0 radical (unpaired) electrons. The van der Waals surface area contributed by atoms with Gasteiger partial charge in [0.05, 0.1) is 49.8 Å². The van der Waals surface area contributed by atoms with E-state index in [1.807, 2.05) is 74.5 Å². The van der Waals surface area contributed by atoms with Crippen LogP contribution < -0.4 is 46.1 Å². The van der Waals surface area contributed by atoms with Crippen molar-refractivity contribution in [1.82, 2.24) is 0 Å². The first kappa shape index (κ1) is 49.3. The van der Waals surface area contributed by atoms with Gasteiger partial charge in [0.25, 0.3) is 0 Å². The molecule has 15 nitrogen and oxygen atoms in total. The van der Waals surface area contributed by atoms with E-state index in [2.05, 4.69) is 31.9 Å². The summed E-state index contributed by atoms with van der Waals surface area (Å²) >= 11 is 17.5. The van der Waals surface area contributed by atoms with E-state index < -0.39 is 18.1 Å². The maximum absolute atomic E-state index is 12.1. The molecule has 342 valence electrons. The van der Waals surface area contributed by atoms with Crippen LogP contribution in [0, 0.1) is 13.8 Å². The number of ether oxygens (including phenoxy) is 3. The number of methoxy groups -OCH3 is 3. The summed E-state index contributed by atoms with van der Waals surface area (Å²) in [5.74, 6) is 1.04. The van der Waals surface area contributed by atoms with E-state index in [4.69, 9.17) is 49.0 Å². The summed E-state index contributed by atoms with van der Waals surface area (Å²) in [6, 6.07) is 34.2. The van der Waals surface area contributed by atoms with Gasteiger partial charge in [-0.1, -0.05) is 89.4 Å². The molecule has 0 bridgehead atoms. The van der Waals surface area contributed by atoms with Gasteiger partial charge in [0, 0.05) is 38.3 Å². The Kier molecular flexibility index (Phi) is 17.4. The third-order valence-corrected chi connectivity index (χ3v) is 10.0. The first-order chi connectivity index (χ1) is 31.6. The molecule has 18 heteroatoms. The molecule has 7 rings (SSSR count). The zero-order chi connectivity index (χ0) is 47.9. The highest BCUT2D eigenvalue weighted by Crippen LogP contribution is 2.40. The van der Waals surface area contributed by atoms with Crippen LogP contribution in [0.3, 0.4) is 0 Å². The Bertz CT molecular complexity index is 2810. The van der Waals surface area contributed by atoms with Gasteiger partial charge in [-0.25, -0.2) is 14.4 Å². The number of halogens is 3. The minimum atomic E-state index is -0.568. The van der Waals surface area contributed by atoms with E-state index in [0.29, 0.717) is 43.7 Å². The van der Waals surface area contributed by atoms with Crippen LogP contribution in [0.5, 0.6) is 34.5 Å². The fourth-order valence-corrected chi connectivity index (χ4v) is 6.67. The van der Waals surface area contributed by atoms with Gasteiger partial charge in [0.15, 0.2) is 11.5 Å². The Morgan fingerprint density at radius 1 is 0.455 bits per heavy atom. The van der Waals surface area contributed by atoms with Crippen molar-refractivity contribution in [3.63, 3.8) is 0 Å². The molecule has 0 aromatic heterocycles. The lowest BCUT2D eigenvalue weighted by molar-refractivity contribution is 0.261. The quantitative estimate of drug-likeness (QED) is 0.0629. The number of para-hydroxylation sites is 1. The van der Waals surface area contributed by atoms with Crippen molar-refractivity contribution >= 4 is 97.8 Å². The standard InChI is InChI=1S/C17H13ClN2O2.C16H17ClN2O5.C15H15ClN2O2/c18-12-8-9-16(21)15(10-12)20-17(22)19-14-7-3-5-11-4-1-2-6-13(11)14;1-22-13-7-10(8-14(23-2)15(13)24-3)18-16(21)19-11-6-9(17)4-5-12(11)20;1-9-4-3-5-10(2)14(9)18-15(20)17-12-8-11(16)6-7-13(12)19/h1-10,21H,(H2,19,20,22);4-8,20H,1-3H3,(H2,18,19,21);3-8,19H,1-2H3,(H2,17,18,20). The minimum absolute atomic E-state index is 0.0361. The Balaban J connectivity index is 0.000000186. The van der Waals surface area contributed by atoms with Crippen molar-refractivity contribution in [2.75, 3.05) is 53.2 Å². The number of anilines is 6. The van der Waals surface area contributed by atoms with Gasteiger partial charge in [-0.2, -0.15) is 0 Å². The van der Waals surface area contributed by atoms with E-state index >= 15 is 0 Å². The largest absolute Gasteiger partial charge is 0.506 e. The van der Waals surface area contributed by atoms with Crippen molar-refractivity contribution in [2.45, 2.75) is 13.8 Å². The number of aromatic hydroxyl groups is 3. The highest BCUT2D eigenvalue weighted by Gasteiger charge is 2.16. The average molecular weight is 956 g/mol. The molecule has 0 atom stereocenters. The van der Waals surface area contributed by atoms with Crippen LogP contribution in [0.25, 0.3) is 10.8 Å². The molecule has 0 saturated heterocycles. The molecule has 0 heterocycles. The molecule has 0 unspecified atom stereocenters. The Hall–Kier alpha value is -7.72. The van der Waals surface area contributed by atoms with Crippen LogP contribution in [0.2, 0.25) is 15.1 Å². The van der Waals surface area contributed by atoms with Gasteiger partial charge >= 0.3 is 18.1 Å². The number of fused-ring (bicyclic) bond motifs is 1. The molecule has 0 spiro atoms. The summed E-state index contributed by atoms with van der Waals surface area (Å²) in [6.45, 7) is 3.83. The second kappa shape index (κ2) is 23.3. The molecule has 66 heavy (non-hydrogen) atoms. The van der Waals surface area contributed by atoms with Crippen LogP contribution in [0.1, 0.15) is 11.1 Å². The van der Waals surface area contributed by atoms with Crippen molar-refractivity contribution in [1.29, 1.82) is 0 Å². The minimum Gasteiger partial charge on any atom is -0.506 e. The average Bonchev–Trinajstić information content (AvgIpc) is 3.29. The van der Waals surface area contributed by atoms with Gasteiger partial charge in [0.2, 0.25) is 5.75 Å². The van der Waals surface area contributed by atoms with Gasteiger partial charge in [0.1, 0.15) is 17.2 Å². The predicted molar refractivity (Wildman–Crippen MR) is 263 cm³/mol. The van der Waals surface area contributed by atoms with Crippen molar-refractivity contribution < 1.29 is 43.9 Å². The number of urea groups is 3. The van der Waals surface area contributed by atoms with Crippen molar-refractivity contribution in [3.05, 3.63) is 154 Å². The normalized spacial score (nSPS) is 10.2. The zero-order valence-corrected chi connectivity index (χ0v) is 38.3. The summed E-state index contributed by atoms with van der Waals surface area (Å²) in [5, 5.41) is 48.1. The first-order valence-corrected chi connectivity index (χ1v) is 20.8. The number of aryl methyl sites for hydroxylation is 2. The molecule has 6 amide bonds. The summed E-state index contributed by atoms with van der Waals surface area (Å²) in [4.78, 5) is 36.2. The topological polar surface area (TPSA) is 212 Å². The van der Waals surface area contributed by atoms with E-state index in [1.54, 1.807) is 24.3 Å². The molecule has 7 aromatic carbocycles. The zero-order valence-electron chi connectivity index (χ0n) is 36.0. The fraction of sp³-hybridized carbons (Fsp3) is 0.104. The smallest absolute Gasteiger partial charge is 0.323 e. The third-order valence-electron chi connectivity index (χ3n) is 9.30. The number of rotatable bonds is 9. The number of nitrogens with one attached hydrogen (secondary N) is 6. The summed E-state index contributed by atoms with van der Waals surface area (Å²) < 4.78 is 15.7. The van der Waals surface area contributed by atoms with E-state index in [1.165, 1.54) is 63.8 Å². The first-order valence-electron chi connectivity index (χ1n) is 19.6. The maximum Gasteiger partial charge on any atom is 0.323 e. The second-order valence-electron chi connectivity index (χ2n) is 13.9. The molecule has 0 aliphatic heterocycles. The van der Waals surface area contributed by atoms with Crippen molar-refractivity contribution in [2.24, 2.45) is 0 Å². The van der Waals surface area contributed by atoms with Gasteiger partial charge in [-0.3, -0.25) is 0 Å². The fourth-order valence-electron chi connectivity index (χ4n) is 6.15. The Labute approximate surface area is 395 Å². The third kappa shape index (κ3) is 13.6. The maximum atomic E-state index is 12.1. The molecule has 0 fully saturated rings. The lowest BCUT2D eigenvalue weighted by Gasteiger charge is -2.15. The molecular weight excluding hydrogens is 911 g/mol. The number of hydrogen-bond acceptors (Lipinski definition) is 9.